The molecule has 2 aromatic heterocycles. The summed E-state index contributed by atoms with van der Waals surface area (Å²) in [4.78, 5) is 16.6. The van der Waals surface area contributed by atoms with Crippen LogP contribution >= 0.6 is 0 Å². The topological polar surface area (TPSA) is 74.0 Å². The fourth-order valence-electron chi connectivity index (χ4n) is 2.45. The lowest BCUT2D eigenvalue weighted by Gasteiger charge is -2.08. The van der Waals surface area contributed by atoms with Gasteiger partial charge in [-0.15, -0.1) is 0 Å². The predicted molar refractivity (Wildman–Crippen MR) is 95.1 cm³/mol. The van der Waals surface area contributed by atoms with E-state index in [1.54, 1.807) is 30.4 Å². The molecule has 0 saturated carbocycles. The zero-order valence-corrected chi connectivity index (χ0v) is 14.6. The molecule has 0 radical (unpaired) electrons. The van der Waals surface area contributed by atoms with Crippen LogP contribution in [-0.4, -0.2) is 39.0 Å². The molecule has 130 valence electrons. The Hall–Kier alpha value is -2.93. The minimum absolute atomic E-state index is 0.237. The van der Waals surface area contributed by atoms with Crippen LogP contribution in [0.15, 0.2) is 42.9 Å². The van der Waals surface area contributed by atoms with Gasteiger partial charge in [-0.3, -0.25) is 9.48 Å². The van der Waals surface area contributed by atoms with Gasteiger partial charge in [0.2, 0.25) is 0 Å². The minimum atomic E-state index is -0.237. The van der Waals surface area contributed by atoms with E-state index in [4.69, 9.17) is 4.74 Å². The summed E-state index contributed by atoms with van der Waals surface area (Å²) in [6.45, 7) is 5.17. The van der Waals surface area contributed by atoms with Crippen LogP contribution in [0.3, 0.4) is 0 Å². The highest BCUT2D eigenvalue weighted by Gasteiger charge is 2.10. The van der Waals surface area contributed by atoms with Gasteiger partial charge in [-0.2, -0.15) is 5.10 Å². The van der Waals surface area contributed by atoms with Crippen LogP contribution in [0, 0.1) is 13.8 Å². The number of methoxy groups -OCH3 is 1. The average Bonchev–Trinajstić information content (AvgIpc) is 3.22. The van der Waals surface area contributed by atoms with Gasteiger partial charge >= 0.3 is 0 Å². The second-order valence-electron chi connectivity index (χ2n) is 5.74. The Labute approximate surface area is 146 Å². The second kappa shape index (κ2) is 7.31. The summed E-state index contributed by atoms with van der Waals surface area (Å²) < 4.78 is 8.70. The Morgan fingerprint density at radius 3 is 2.60 bits per heavy atom. The average molecular weight is 339 g/mol. The van der Waals surface area contributed by atoms with Crippen molar-refractivity contribution >= 4 is 11.6 Å². The van der Waals surface area contributed by atoms with Crippen LogP contribution in [0.2, 0.25) is 0 Å². The van der Waals surface area contributed by atoms with Gasteiger partial charge in [-0.1, -0.05) is 0 Å². The molecular weight excluding hydrogens is 318 g/mol. The molecule has 7 heteroatoms. The van der Waals surface area contributed by atoms with Crippen LogP contribution < -0.4 is 5.32 Å². The van der Waals surface area contributed by atoms with E-state index in [1.807, 2.05) is 42.7 Å². The monoisotopic (exact) mass is 339 g/mol. The molecule has 25 heavy (non-hydrogen) atoms. The first kappa shape index (κ1) is 16.9. The number of ether oxygens (including phenoxy) is 1. The van der Waals surface area contributed by atoms with Crippen molar-refractivity contribution in [1.82, 2.24) is 19.3 Å². The van der Waals surface area contributed by atoms with Crippen molar-refractivity contribution in [3.8, 4) is 5.69 Å². The first-order valence-electron chi connectivity index (χ1n) is 8.03. The van der Waals surface area contributed by atoms with Crippen molar-refractivity contribution in [3.05, 3.63) is 59.9 Å². The number of hydrogen-bond donors (Lipinski definition) is 1. The largest absolute Gasteiger partial charge is 0.383 e. The van der Waals surface area contributed by atoms with Crippen molar-refractivity contribution in [2.45, 2.75) is 20.4 Å². The lowest BCUT2D eigenvalue weighted by Crippen LogP contribution is -2.14. The van der Waals surface area contributed by atoms with Gasteiger partial charge in [0.1, 0.15) is 0 Å². The third-order valence-electron chi connectivity index (χ3n) is 4.05. The number of hydrogen-bond acceptors (Lipinski definition) is 4. The molecule has 1 N–H and O–H groups in total. The molecule has 2 heterocycles. The van der Waals surface area contributed by atoms with Crippen molar-refractivity contribution in [3.63, 3.8) is 0 Å². The number of aromatic nitrogens is 4. The van der Waals surface area contributed by atoms with E-state index >= 15 is 0 Å². The van der Waals surface area contributed by atoms with Gasteiger partial charge in [0, 0.05) is 30.4 Å². The van der Waals surface area contributed by atoms with E-state index in [0.29, 0.717) is 18.8 Å². The molecule has 0 bridgehead atoms. The maximum atomic E-state index is 12.3. The van der Waals surface area contributed by atoms with Crippen molar-refractivity contribution < 1.29 is 9.53 Å². The lowest BCUT2D eigenvalue weighted by atomic mass is 10.2. The van der Waals surface area contributed by atoms with E-state index in [0.717, 1.165) is 22.8 Å². The maximum absolute atomic E-state index is 12.3. The number of nitrogens with one attached hydrogen (secondary N) is 1. The molecule has 0 atom stereocenters. The van der Waals surface area contributed by atoms with Crippen LogP contribution in [0.25, 0.3) is 5.69 Å². The van der Waals surface area contributed by atoms with E-state index < -0.39 is 0 Å². The molecule has 0 aliphatic rings. The van der Waals surface area contributed by atoms with Crippen LogP contribution in [0.1, 0.15) is 21.9 Å². The van der Waals surface area contributed by atoms with E-state index in [1.165, 1.54) is 0 Å². The first-order chi connectivity index (χ1) is 12.1. The number of benzene rings is 1. The van der Waals surface area contributed by atoms with E-state index in [2.05, 4.69) is 15.4 Å². The molecule has 3 aromatic rings. The SMILES string of the molecule is COCCn1ccc(C(=O)Nc2ccc(-n3cnc(C)c3C)cc2)n1. The molecule has 0 unspecified atom stereocenters. The number of rotatable bonds is 6. The molecule has 7 nitrogen and oxygen atoms in total. The molecule has 1 amide bonds. The first-order valence-corrected chi connectivity index (χ1v) is 8.03. The zero-order valence-electron chi connectivity index (χ0n) is 14.6. The van der Waals surface area contributed by atoms with Crippen molar-refractivity contribution in [2.75, 3.05) is 19.0 Å². The van der Waals surface area contributed by atoms with E-state index in [-0.39, 0.29) is 5.91 Å². The fourth-order valence-corrected chi connectivity index (χ4v) is 2.45. The summed E-state index contributed by atoms with van der Waals surface area (Å²) in [6, 6.07) is 9.31. The second-order valence-corrected chi connectivity index (χ2v) is 5.74. The Kier molecular flexibility index (Phi) is 4.95. The Balaban J connectivity index is 1.67. The minimum Gasteiger partial charge on any atom is -0.383 e. The molecule has 0 saturated heterocycles. The highest BCUT2D eigenvalue weighted by molar-refractivity contribution is 6.02. The summed E-state index contributed by atoms with van der Waals surface area (Å²) in [5, 5.41) is 7.09. The highest BCUT2D eigenvalue weighted by Crippen LogP contribution is 2.17. The standard InChI is InChI=1S/C18H21N5O2/c1-13-14(2)23(12-19-13)16-6-4-15(5-7-16)20-18(24)17-8-9-22(21-17)10-11-25-3/h4-9,12H,10-11H2,1-3H3,(H,20,24). The number of carbonyl (C=O) groups excluding carboxylic acids is 1. The van der Waals surface area contributed by atoms with E-state index in [9.17, 15) is 4.79 Å². The normalized spacial score (nSPS) is 10.8. The summed E-state index contributed by atoms with van der Waals surface area (Å²) in [7, 11) is 1.63. The molecule has 0 fully saturated rings. The zero-order chi connectivity index (χ0) is 17.8. The van der Waals surface area contributed by atoms with Gasteiger partial charge in [0.05, 0.1) is 25.2 Å². The Morgan fingerprint density at radius 2 is 1.96 bits per heavy atom. The third-order valence-corrected chi connectivity index (χ3v) is 4.05. The van der Waals surface area contributed by atoms with Gasteiger partial charge in [-0.25, -0.2) is 4.98 Å². The number of carbonyl (C=O) groups is 1. The number of amides is 1. The van der Waals surface area contributed by atoms with Gasteiger partial charge in [0.15, 0.2) is 5.69 Å². The highest BCUT2D eigenvalue weighted by atomic mass is 16.5. The van der Waals surface area contributed by atoms with Crippen molar-refractivity contribution in [1.29, 1.82) is 0 Å². The number of aryl methyl sites for hydroxylation is 1. The molecule has 0 spiro atoms. The smallest absolute Gasteiger partial charge is 0.276 e. The summed E-state index contributed by atoms with van der Waals surface area (Å²) in [5.41, 5.74) is 4.19. The van der Waals surface area contributed by atoms with Crippen LogP contribution in [0.4, 0.5) is 5.69 Å². The van der Waals surface area contributed by atoms with Crippen LogP contribution in [0.5, 0.6) is 0 Å². The summed E-state index contributed by atoms with van der Waals surface area (Å²) >= 11 is 0. The molecule has 0 aliphatic heterocycles. The lowest BCUT2D eigenvalue weighted by molar-refractivity contribution is 0.102. The molecular formula is C18H21N5O2. The Bertz CT molecular complexity index is 864. The predicted octanol–water partition coefficient (Wildman–Crippen LogP) is 2.58. The summed E-state index contributed by atoms with van der Waals surface area (Å²) in [6.07, 6.45) is 3.56. The Morgan fingerprint density at radius 1 is 1.20 bits per heavy atom. The fraction of sp³-hybridized carbons (Fsp3) is 0.278. The maximum Gasteiger partial charge on any atom is 0.276 e. The number of nitrogens with zero attached hydrogens (tertiary/aromatic N) is 4. The molecule has 0 aliphatic carbocycles. The third kappa shape index (κ3) is 3.77. The number of anilines is 1. The van der Waals surface area contributed by atoms with Crippen molar-refractivity contribution in [2.24, 2.45) is 0 Å². The summed E-state index contributed by atoms with van der Waals surface area (Å²) in [5.74, 6) is -0.237. The van der Waals surface area contributed by atoms with Gasteiger partial charge < -0.3 is 14.6 Å². The molecule has 3 rings (SSSR count). The van der Waals surface area contributed by atoms with Gasteiger partial charge in [0.25, 0.3) is 5.91 Å². The van der Waals surface area contributed by atoms with Gasteiger partial charge in [-0.05, 0) is 44.2 Å². The quantitative estimate of drug-likeness (QED) is 0.749. The molecule has 1 aromatic carbocycles. The number of imidazole rings is 1. The van der Waals surface area contributed by atoms with Crippen LogP contribution in [-0.2, 0) is 11.3 Å².